The Morgan fingerprint density at radius 1 is 1.29 bits per heavy atom. The van der Waals surface area contributed by atoms with Gasteiger partial charge in [-0.05, 0) is 31.0 Å². The molecular formula is C16H17FN2O2. The number of hydrogen-bond acceptors (Lipinski definition) is 2. The number of carbonyl (C=O) groups excluding carboxylic acids is 1. The van der Waals surface area contributed by atoms with Crippen molar-refractivity contribution in [1.29, 1.82) is 0 Å². The van der Waals surface area contributed by atoms with Gasteiger partial charge in [-0.2, -0.15) is 0 Å². The zero-order valence-electron chi connectivity index (χ0n) is 11.9. The largest absolute Gasteiger partial charge is 0.377 e. The summed E-state index contributed by atoms with van der Waals surface area (Å²) >= 11 is 0. The number of fused-ring (bicyclic) bond motifs is 3. The number of hydrogen-bond donors (Lipinski definition) is 0. The van der Waals surface area contributed by atoms with E-state index in [9.17, 15) is 9.18 Å². The quantitative estimate of drug-likeness (QED) is 0.807. The molecule has 2 unspecified atom stereocenters. The molecule has 2 aromatic rings. The third kappa shape index (κ3) is 1.87. The van der Waals surface area contributed by atoms with Crippen LogP contribution < -0.4 is 0 Å². The van der Waals surface area contributed by atoms with Crippen LogP contribution in [-0.4, -0.2) is 40.7 Å². The van der Waals surface area contributed by atoms with Crippen LogP contribution in [-0.2, 0) is 11.8 Å². The number of carbonyl (C=O) groups is 1. The first kappa shape index (κ1) is 12.8. The molecule has 0 saturated carbocycles. The highest BCUT2D eigenvalue weighted by molar-refractivity contribution is 6.07. The zero-order valence-corrected chi connectivity index (χ0v) is 11.9. The summed E-state index contributed by atoms with van der Waals surface area (Å²) in [7, 11) is 1.88. The minimum absolute atomic E-state index is 0.00185. The molecule has 2 bridgehead atoms. The summed E-state index contributed by atoms with van der Waals surface area (Å²) in [5.74, 6) is -0.310. The van der Waals surface area contributed by atoms with E-state index in [0.717, 1.165) is 18.4 Å². The Bertz CT molecular complexity index is 708. The number of morpholine rings is 1. The van der Waals surface area contributed by atoms with E-state index in [1.165, 1.54) is 12.1 Å². The molecule has 0 aliphatic carbocycles. The van der Waals surface area contributed by atoms with E-state index >= 15 is 0 Å². The van der Waals surface area contributed by atoms with Gasteiger partial charge in [-0.15, -0.1) is 0 Å². The van der Waals surface area contributed by atoms with Gasteiger partial charge in [-0.3, -0.25) is 4.79 Å². The number of halogens is 1. The lowest BCUT2D eigenvalue weighted by Crippen LogP contribution is -2.49. The van der Waals surface area contributed by atoms with Gasteiger partial charge in [0.1, 0.15) is 5.82 Å². The van der Waals surface area contributed by atoms with Crippen LogP contribution in [0.15, 0.2) is 24.4 Å². The van der Waals surface area contributed by atoms with Crippen LogP contribution in [0.1, 0.15) is 23.2 Å². The van der Waals surface area contributed by atoms with Crippen LogP contribution in [0.5, 0.6) is 0 Å². The van der Waals surface area contributed by atoms with E-state index < -0.39 is 0 Å². The van der Waals surface area contributed by atoms with Crippen molar-refractivity contribution in [3.63, 3.8) is 0 Å². The van der Waals surface area contributed by atoms with Crippen molar-refractivity contribution in [1.82, 2.24) is 9.47 Å². The number of amides is 1. The lowest BCUT2D eigenvalue weighted by atomic mass is 10.1. The monoisotopic (exact) mass is 288 g/mol. The molecule has 4 rings (SSSR count). The SMILES string of the molecule is Cn1cc(C(=O)N2C3CCC2COC3)c2cc(F)ccc21. The van der Waals surface area contributed by atoms with Crippen molar-refractivity contribution < 1.29 is 13.9 Å². The summed E-state index contributed by atoms with van der Waals surface area (Å²) in [5.41, 5.74) is 1.46. The van der Waals surface area contributed by atoms with Crippen LogP contribution in [0.4, 0.5) is 4.39 Å². The molecule has 2 saturated heterocycles. The fourth-order valence-electron chi connectivity index (χ4n) is 3.63. The van der Waals surface area contributed by atoms with Crippen LogP contribution in [0.3, 0.4) is 0 Å². The van der Waals surface area contributed by atoms with Crippen molar-refractivity contribution in [2.75, 3.05) is 13.2 Å². The summed E-state index contributed by atoms with van der Waals surface area (Å²) in [4.78, 5) is 14.9. The molecule has 4 nitrogen and oxygen atoms in total. The van der Waals surface area contributed by atoms with E-state index in [1.807, 2.05) is 16.5 Å². The first-order chi connectivity index (χ1) is 10.1. The fraction of sp³-hybridized carbons (Fsp3) is 0.438. The molecule has 21 heavy (non-hydrogen) atoms. The van der Waals surface area contributed by atoms with Crippen molar-refractivity contribution in [2.24, 2.45) is 7.05 Å². The summed E-state index contributed by atoms with van der Waals surface area (Å²) in [6.07, 6.45) is 3.80. The maximum Gasteiger partial charge on any atom is 0.256 e. The topological polar surface area (TPSA) is 34.5 Å². The Balaban J connectivity index is 1.79. The van der Waals surface area contributed by atoms with E-state index in [0.29, 0.717) is 24.2 Å². The second-order valence-corrected chi connectivity index (χ2v) is 5.95. The standard InChI is InChI=1S/C16H17FN2O2/c1-18-7-14(13-6-10(17)2-5-15(13)18)16(20)19-11-3-4-12(19)9-21-8-11/h2,5-7,11-12H,3-4,8-9H2,1H3. The Hall–Kier alpha value is -1.88. The lowest BCUT2D eigenvalue weighted by Gasteiger charge is -2.34. The van der Waals surface area contributed by atoms with Gasteiger partial charge in [0.2, 0.25) is 0 Å². The molecule has 0 radical (unpaired) electrons. The first-order valence-corrected chi connectivity index (χ1v) is 7.30. The molecule has 0 spiro atoms. The van der Waals surface area contributed by atoms with E-state index in [2.05, 4.69) is 0 Å². The number of rotatable bonds is 1. The van der Waals surface area contributed by atoms with Gasteiger partial charge >= 0.3 is 0 Å². The van der Waals surface area contributed by atoms with E-state index in [1.54, 1.807) is 12.3 Å². The second-order valence-electron chi connectivity index (χ2n) is 5.95. The molecule has 110 valence electrons. The Morgan fingerprint density at radius 2 is 2.00 bits per heavy atom. The van der Waals surface area contributed by atoms with E-state index in [4.69, 9.17) is 4.74 Å². The average Bonchev–Trinajstić information content (AvgIpc) is 2.92. The summed E-state index contributed by atoms with van der Waals surface area (Å²) in [5, 5.41) is 0.688. The Kier molecular flexibility index (Phi) is 2.79. The average molecular weight is 288 g/mol. The van der Waals surface area contributed by atoms with Crippen molar-refractivity contribution >= 4 is 16.8 Å². The molecule has 2 aliphatic heterocycles. The number of aryl methyl sites for hydroxylation is 1. The van der Waals surface area contributed by atoms with Crippen LogP contribution in [0.25, 0.3) is 10.9 Å². The molecule has 2 aliphatic rings. The number of nitrogens with zero attached hydrogens (tertiary/aromatic N) is 2. The highest BCUT2D eigenvalue weighted by Gasteiger charge is 2.41. The highest BCUT2D eigenvalue weighted by atomic mass is 19.1. The van der Waals surface area contributed by atoms with Crippen LogP contribution >= 0.6 is 0 Å². The molecule has 2 atom stereocenters. The van der Waals surface area contributed by atoms with Crippen molar-refractivity contribution in [3.05, 3.63) is 35.8 Å². The minimum Gasteiger partial charge on any atom is -0.377 e. The molecule has 1 aromatic carbocycles. The third-order valence-corrected chi connectivity index (χ3v) is 4.66. The minimum atomic E-state index is -0.312. The highest BCUT2D eigenvalue weighted by Crippen LogP contribution is 2.32. The maximum atomic E-state index is 13.5. The fourth-order valence-corrected chi connectivity index (χ4v) is 3.63. The van der Waals surface area contributed by atoms with Gasteiger partial charge in [0, 0.05) is 24.1 Å². The second kappa shape index (κ2) is 4.56. The molecule has 0 N–H and O–H groups in total. The van der Waals surface area contributed by atoms with Crippen molar-refractivity contribution in [2.45, 2.75) is 24.9 Å². The number of benzene rings is 1. The molecule has 2 fully saturated rings. The molecule has 1 aromatic heterocycles. The van der Waals surface area contributed by atoms with Gasteiger partial charge in [0.25, 0.3) is 5.91 Å². The Labute approximate surface area is 122 Å². The van der Waals surface area contributed by atoms with Gasteiger partial charge < -0.3 is 14.2 Å². The third-order valence-electron chi connectivity index (χ3n) is 4.66. The Morgan fingerprint density at radius 3 is 2.71 bits per heavy atom. The number of aromatic nitrogens is 1. The lowest BCUT2D eigenvalue weighted by molar-refractivity contribution is -0.00706. The predicted molar refractivity (Wildman–Crippen MR) is 76.7 cm³/mol. The summed E-state index contributed by atoms with van der Waals surface area (Å²) in [6.45, 7) is 1.22. The van der Waals surface area contributed by atoms with Gasteiger partial charge in [0.05, 0.1) is 30.9 Å². The molecule has 5 heteroatoms. The molecule has 1 amide bonds. The van der Waals surface area contributed by atoms with Crippen LogP contribution in [0, 0.1) is 5.82 Å². The smallest absolute Gasteiger partial charge is 0.256 e. The van der Waals surface area contributed by atoms with Gasteiger partial charge in [-0.25, -0.2) is 4.39 Å². The zero-order chi connectivity index (χ0) is 14.6. The van der Waals surface area contributed by atoms with E-state index in [-0.39, 0.29) is 23.8 Å². The van der Waals surface area contributed by atoms with Gasteiger partial charge in [0.15, 0.2) is 0 Å². The first-order valence-electron chi connectivity index (χ1n) is 7.30. The molecule has 3 heterocycles. The van der Waals surface area contributed by atoms with Crippen LogP contribution in [0.2, 0.25) is 0 Å². The van der Waals surface area contributed by atoms with Gasteiger partial charge in [-0.1, -0.05) is 0 Å². The van der Waals surface area contributed by atoms with Crippen molar-refractivity contribution in [3.8, 4) is 0 Å². The predicted octanol–water partition coefficient (Wildman–Crippen LogP) is 2.32. The summed E-state index contributed by atoms with van der Waals surface area (Å²) < 4.78 is 20.9. The number of ether oxygens (including phenoxy) is 1. The summed E-state index contributed by atoms with van der Waals surface area (Å²) in [6, 6.07) is 4.93. The normalized spacial score (nSPS) is 24.8. The maximum absolute atomic E-state index is 13.5. The molecular weight excluding hydrogens is 271 g/mol.